The minimum absolute atomic E-state index is 0. The summed E-state index contributed by atoms with van der Waals surface area (Å²) in [6, 6.07) is 0. The maximum atomic E-state index is 9.97. The summed E-state index contributed by atoms with van der Waals surface area (Å²) >= 11 is 0. The van der Waals surface area contributed by atoms with Crippen molar-refractivity contribution in [2.75, 3.05) is 12.9 Å². The van der Waals surface area contributed by atoms with E-state index < -0.39 is 10.1 Å². The first-order valence-electron chi connectivity index (χ1n) is 1.70. The van der Waals surface area contributed by atoms with Gasteiger partial charge < -0.3 is 11.1 Å². The van der Waals surface area contributed by atoms with E-state index in [1.54, 1.807) is 0 Å². The first-order valence-corrected chi connectivity index (χ1v) is 3.51. The second kappa shape index (κ2) is 4.31. The van der Waals surface area contributed by atoms with E-state index in [-0.39, 0.29) is 23.4 Å². The Kier molecular flexibility index (Phi) is 6.06. The van der Waals surface area contributed by atoms with Gasteiger partial charge in [-0.3, -0.25) is 0 Å². The molecule has 3 nitrogen and oxygen atoms in total. The average molecular weight is 182 g/mol. The van der Waals surface area contributed by atoms with Gasteiger partial charge in [0, 0.05) is 0 Å². The summed E-state index contributed by atoms with van der Waals surface area (Å²) in [5.74, 6) is 0. The van der Waals surface area contributed by atoms with Gasteiger partial charge in [-0.25, -0.2) is 0 Å². The van der Waals surface area contributed by atoms with Crippen molar-refractivity contribution < 1.29 is 29.4 Å². The van der Waals surface area contributed by atoms with Gasteiger partial charge in [0.15, 0.2) is 0 Å². The molecule has 0 rings (SSSR count). The van der Waals surface area contributed by atoms with Crippen LogP contribution in [0.5, 0.6) is 0 Å². The minimum atomic E-state index is -3.24. The maximum Gasteiger partial charge on any atom is 2.00 e. The molecule has 0 saturated heterocycles. The fourth-order valence-corrected chi connectivity index (χ4v) is 0.454. The van der Waals surface area contributed by atoms with Gasteiger partial charge in [0.1, 0.15) is 0 Å². The number of hydrogen-bond donors (Lipinski definition) is 0. The van der Waals surface area contributed by atoms with Crippen LogP contribution < -0.4 is 0 Å². The van der Waals surface area contributed by atoms with Crippen LogP contribution in [-0.4, -0.2) is 21.3 Å². The Balaban J connectivity index is 0. The molecule has 0 atom stereocenters. The Morgan fingerprint density at radius 1 is 1.62 bits per heavy atom. The summed E-state index contributed by atoms with van der Waals surface area (Å²) in [6.07, 6.45) is 0.984. The molecule has 0 aliphatic rings. The molecule has 0 aromatic carbocycles. The largest absolute Gasteiger partial charge is 2.00 e. The molecule has 0 fully saturated rings. The van der Waals surface area contributed by atoms with Crippen molar-refractivity contribution in [1.82, 2.24) is 0 Å². The number of hydrogen-bond acceptors (Lipinski definition) is 3. The third-order valence-corrected chi connectivity index (χ3v) is 0.892. The Hall–Kier alpha value is 0.416. The van der Waals surface area contributed by atoms with Gasteiger partial charge in [0.25, 0.3) is 10.1 Å². The topological polar surface area (TPSA) is 43.4 Å². The summed E-state index contributed by atoms with van der Waals surface area (Å²) in [5.41, 5.74) is 0. The van der Waals surface area contributed by atoms with Crippen LogP contribution in [0.2, 0.25) is 0 Å². The van der Waals surface area contributed by atoms with Crippen LogP contribution in [0, 0.1) is 6.92 Å². The van der Waals surface area contributed by atoms with Crippen LogP contribution in [-0.2, 0) is 31.1 Å². The zero-order valence-electron chi connectivity index (χ0n) is 4.38. The molecule has 8 heavy (non-hydrogen) atoms. The molecule has 1 radical (unpaired) electrons. The summed E-state index contributed by atoms with van der Waals surface area (Å²) in [5, 5.41) is 0. The van der Waals surface area contributed by atoms with Gasteiger partial charge >= 0.3 is 16.8 Å². The summed E-state index contributed by atoms with van der Waals surface area (Å²) < 4.78 is 24.0. The Morgan fingerprint density at radius 3 is 2.00 bits per heavy atom. The first-order chi connectivity index (χ1) is 3.06. The van der Waals surface area contributed by atoms with E-state index in [2.05, 4.69) is 11.1 Å². The molecular weight excluding hydrogens is 175 g/mol. The van der Waals surface area contributed by atoms with Gasteiger partial charge in [0.05, 0.1) is 6.26 Å². The fraction of sp³-hybridized carbons (Fsp3) is 0.667. The molecular formula is C3H7CoO3S+. The van der Waals surface area contributed by atoms with E-state index in [4.69, 9.17) is 0 Å². The molecule has 0 aliphatic heterocycles. The molecule has 5 heteroatoms. The Morgan fingerprint density at radius 2 is 2.00 bits per heavy atom. The van der Waals surface area contributed by atoms with Crippen LogP contribution in [0.3, 0.4) is 0 Å². The van der Waals surface area contributed by atoms with E-state index in [0.717, 1.165) is 6.26 Å². The molecule has 0 aliphatic carbocycles. The van der Waals surface area contributed by atoms with E-state index in [1.807, 2.05) is 0 Å². The average Bonchev–Trinajstić information content (AvgIpc) is 1.30. The quantitative estimate of drug-likeness (QED) is 0.438. The second-order valence-electron chi connectivity index (χ2n) is 1.03. The van der Waals surface area contributed by atoms with Gasteiger partial charge in [0.2, 0.25) is 0 Å². The van der Waals surface area contributed by atoms with Crippen LogP contribution in [0.25, 0.3) is 0 Å². The van der Waals surface area contributed by atoms with Crippen molar-refractivity contribution >= 4 is 10.1 Å². The molecule has 0 bridgehead atoms. The summed E-state index contributed by atoms with van der Waals surface area (Å²) in [7, 11) is -3.24. The van der Waals surface area contributed by atoms with Crippen LogP contribution in [0.1, 0.15) is 0 Å². The van der Waals surface area contributed by atoms with E-state index in [1.165, 1.54) is 0 Å². The van der Waals surface area contributed by atoms with Gasteiger partial charge in [-0.2, -0.15) is 8.42 Å². The van der Waals surface area contributed by atoms with E-state index in [0.29, 0.717) is 0 Å². The van der Waals surface area contributed by atoms with Gasteiger partial charge in [-0.1, -0.05) is 6.61 Å². The molecule has 0 aromatic heterocycles. The number of rotatable bonds is 2. The van der Waals surface area contributed by atoms with Crippen molar-refractivity contribution in [3.8, 4) is 0 Å². The van der Waals surface area contributed by atoms with Crippen molar-refractivity contribution in [1.29, 1.82) is 0 Å². The maximum absolute atomic E-state index is 9.97. The predicted molar refractivity (Wildman–Crippen MR) is 26.2 cm³/mol. The fourth-order valence-electron chi connectivity index (χ4n) is 0.151. The second-order valence-corrected chi connectivity index (χ2v) is 2.67. The molecule has 0 aromatic rings. The Labute approximate surface area is 59.7 Å². The molecule has 0 N–H and O–H groups in total. The molecule has 0 spiro atoms. The van der Waals surface area contributed by atoms with Crippen LogP contribution >= 0.6 is 0 Å². The summed E-state index contributed by atoms with van der Waals surface area (Å²) in [4.78, 5) is 0. The van der Waals surface area contributed by atoms with Gasteiger partial charge in [-0.15, -0.1) is 0 Å². The smallest absolute Gasteiger partial charge is 0.317 e. The molecule has 0 unspecified atom stereocenters. The normalized spacial score (nSPS) is 10.2. The van der Waals surface area contributed by atoms with Crippen LogP contribution in [0.15, 0.2) is 0 Å². The van der Waals surface area contributed by atoms with E-state index >= 15 is 0 Å². The minimum Gasteiger partial charge on any atom is -0.317 e. The van der Waals surface area contributed by atoms with Crippen molar-refractivity contribution in [2.24, 2.45) is 0 Å². The standard InChI is InChI=1S/C3H7O3S.Co/c1-3-6-7(2,4)5;/h1,3H2,2H3;/q-1;+2. The first kappa shape index (κ1) is 11.2. The molecule has 0 saturated carbocycles. The van der Waals surface area contributed by atoms with Crippen molar-refractivity contribution in [3.63, 3.8) is 0 Å². The Bertz CT molecular complexity index is 127. The van der Waals surface area contributed by atoms with Gasteiger partial charge in [-0.05, 0) is 0 Å². The van der Waals surface area contributed by atoms with Crippen molar-refractivity contribution in [3.05, 3.63) is 6.92 Å². The summed E-state index contributed by atoms with van der Waals surface area (Å²) in [6.45, 7) is 3.14. The van der Waals surface area contributed by atoms with Crippen LogP contribution in [0.4, 0.5) is 0 Å². The predicted octanol–water partition coefficient (Wildman–Crippen LogP) is -0.206. The zero-order valence-corrected chi connectivity index (χ0v) is 6.24. The third kappa shape index (κ3) is 9.65. The molecule has 0 amide bonds. The monoisotopic (exact) mass is 182 g/mol. The zero-order chi connectivity index (χ0) is 5.91. The molecule has 0 heterocycles. The SMILES string of the molecule is [CH2-]COS(C)(=O)=O.[Co+2]. The van der Waals surface area contributed by atoms with Crippen molar-refractivity contribution in [2.45, 2.75) is 0 Å². The third-order valence-electron chi connectivity index (χ3n) is 0.297. The molecule has 51 valence electrons. The van der Waals surface area contributed by atoms with E-state index in [9.17, 15) is 8.42 Å².